The summed E-state index contributed by atoms with van der Waals surface area (Å²) >= 11 is 0. The molecule has 3 nitrogen and oxygen atoms in total. The number of nitrogens with zero attached hydrogens (tertiary/aromatic N) is 2. The van der Waals surface area contributed by atoms with Crippen molar-refractivity contribution in [3.63, 3.8) is 0 Å². The summed E-state index contributed by atoms with van der Waals surface area (Å²) in [6, 6.07) is 11.0. The van der Waals surface area contributed by atoms with E-state index in [1.807, 2.05) is 7.05 Å². The van der Waals surface area contributed by atoms with E-state index in [0.717, 1.165) is 13.0 Å². The molecule has 0 spiro atoms. The molecule has 18 heavy (non-hydrogen) atoms. The lowest BCUT2D eigenvalue weighted by molar-refractivity contribution is 0.214. The van der Waals surface area contributed by atoms with Crippen molar-refractivity contribution in [3.05, 3.63) is 35.4 Å². The summed E-state index contributed by atoms with van der Waals surface area (Å²) < 4.78 is 0. The highest BCUT2D eigenvalue weighted by atomic mass is 15.1. The van der Waals surface area contributed by atoms with Gasteiger partial charge in [-0.1, -0.05) is 36.8 Å². The van der Waals surface area contributed by atoms with Gasteiger partial charge in [-0.15, -0.1) is 0 Å². The number of benzene rings is 1. The van der Waals surface area contributed by atoms with Crippen molar-refractivity contribution in [3.8, 4) is 6.07 Å². The van der Waals surface area contributed by atoms with Crippen molar-refractivity contribution in [1.82, 2.24) is 4.90 Å². The molecule has 0 fully saturated rings. The van der Waals surface area contributed by atoms with Crippen molar-refractivity contribution >= 4 is 0 Å². The Labute approximate surface area is 110 Å². The predicted molar refractivity (Wildman–Crippen MR) is 75.0 cm³/mol. The Hall–Kier alpha value is -1.37. The molecule has 2 atom stereocenters. The van der Waals surface area contributed by atoms with Crippen molar-refractivity contribution in [2.24, 2.45) is 5.73 Å². The van der Waals surface area contributed by atoms with Gasteiger partial charge in [0, 0.05) is 25.0 Å². The van der Waals surface area contributed by atoms with Crippen LogP contribution in [0.2, 0.25) is 0 Å². The molecule has 0 aliphatic rings. The Bertz CT molecular complexity index is 391. The van der Waals surface area contributed by atoms with E-state index >= 15 is 0 Å². The van der Waals surface area contributed by atoms with Gasteiger partial charge in [-0.3, -0.25) is 4.90 Å². The molecule has 0 saturated heterocycles. The molecule has 2 unspecified atom stereocenters. The lowest BCUT2D eigenvalue weighted by atomic mass is 9.96. The number of hydrogen-bond donors (Lipinski definition) is 1. The van der Waals surface area contributed by atoms with Gasteiger partial charge in [-0.25, -0.2) is 0 Å². The monoisotopic (exact) mass is 245 g/mol. The van der Waals surface area contributed by atoms with Crippen LogP contribution in [0.1, 0.15) is 36.9 Å². The fourth-order valence-corrected chi connectivity index (χ4v) is 2.18. The molecule has 0 saturated carbocycles. The van der Waals surface area contributed by atoms with Crippen molar-refractivity contribution < 1.29 is 0 Å². The highest BCUT2D eigenvalue weighted by Gasteiger charge is 2.22. The number of nitrogens with two attached hydrogens (primary N) is 1. The zero-order valence-electron chi connectivity index (χ0n) is 11.6. The van der Waals surface area contributed by atoms with E-state index in [9.17, 15) is 0 Å². The Morgan fingerprint density at radius 3 is 2.44 bits per heavy atom. The maximum absolute atomic E-state index is 8.69. The first-order valence-corrected chi connectivity index (χ1v) is 6.49. The van der Waals surface area contributed by atoms with Crippen molar-refractivity contribution in [1.29, 1.82) is 5.26 Å². The third kappa shape index (κ3) is 3.83. The molecule has 2 N–H and O–H groups in total. The Morgan fingerprint density at radius 2 is 1.94 bits per heavy atom. The largest absolute Gasteiger partial charge is 0.326 e. The molecule has 1 aromatic carbocycles. The third-order valence-corrected chi connectivity index (χ3v) is 3.35. The molecule has 1 aromatic rings. The van der Waals surface area contributed by atoms with Gasteiger partial charge in [0.15, 0.2) is 0 Å². The third-order valence-electron chi connectivity index (χ3n) is 3.35. The molecule has 0 aromatic heterocycles. The van der Waals surface area contributed by atoms with E-state index in [0.29, 0.717) is 6.42 Å². The van der Waals surface area contributed by atoms with Gasteiger partial charge in [0.25, 0.3) is 0 Å². The van der Waals surface area contributed by atoms with Gasteiger partial charge >= 0.3 is 0 Å². The molecule has 1 rings (SSSR count). The van der Waals surface area contributed by atoms with Crippen LogP contribution in [0.15, 0.2) is 24.3 Å². The Balaban J connectivity index is 2.91. The van der Waals surface area contributed by atoms with Crippen LogP contribution in [0.4, 0.5) is 0 Å². The standard InChI is InChI=1S/C15H23N3/c1-4-14(17)15(18(3)11-5-10-16)13-8-6-12(2)7-9-13/h6-9,14-15H,4-5,11,17H2,1-3H3. The molecular formula is C15H23N3. The minimum absolute atomic E-state index is 0.0939. The highest BCUT2D eigenvalue weighted by Crippen LogP contribution is 2.24. The molecule has 0 radical (unpaired) electrons. The van der Waals surface area contributed by atoms with Gasteiger partial charge in [0.05, 0.1) is 6.07 Å². The Kier molecular flexibility index (Phi) is 5.84. The van der Waals surface area contributed by atoms with E-state index < -0.39 is 0 Å². The molecule has 0 amide bonds. The van der Waals surface area contributed by atoms with Crippen LogP contribution in [-0.4, -0.2) is 24.5 Å². The second-order valence-electron chi connectivity index (χ2n) is 4.82. The van der Waals surface area contributed by atoms with Crippen LogP contribution < -0.4 is 5.73 Å². The number of hydrogen-bond acceptors (Lipinski definition) is 3. The zero-order valence-corrected chi connectivity index (χ0v) is 11.6. The highest BCUT2D eigenvalue weighted by molar-refractivity contribution is 5.25. The summed E-state index contributed by atoms with van der Waals surface area (Å²) in [7, 11) is 2.04. The average Bonchev–Trinajstić information content (AvgIpc) is 2.38. The van der Waals surface area contributed by atoms with Crippen LogP contribution in [0, 0.1) is 18.3 Å². The minimum Gasteiger partial charge on any atom is -0.326 e. The van der Waals surface area contributed by atoms with E-state index in [4.69, 9.17) is 11.0 Å². The van der Waals surface area contributed by atoms with Gasteiger partial charge in [0.2, 0.25) is 0 Å². The first-order chi connectivity index (χ1) is 8.60. The summed E-state index contributed by atoms with van der Waals surface area (Å²) in [6.07, 6.45) is 1.46. The fraction of sp³-hybridized carbons (Fsp3) is 0.533. The lowest BCUT2D eigenvalue weighted by Gasteiger charge is -2.32. The van der Waals surface area contributed by atoms with Crippen LogP contribution in [0.3, 0.4) is 0 Å². The molecule has 0 aliphatic heterocycles. The fourth-order valence-electron chi connectivity index (χ4n) is 2.18. The zero-order chi connectivity index (χ0) is 13.5. The molecule has 0 aliphatic carbocycles. The number of rotatable bonds is 6. The maximum atomic E-state index is 8.69. The van der Waals surface area contributed by atoms with Crippen LogP contribution in [-0.2, 0) is 0 Å². The number of likely N-dealkylation sites (N-methyl/N-ethyl adjacent to an activating group) is 1. The van der Waals surface area contributed by atoms with Gasteiger partial charge in [0.1, 0.15) is 0 Å². The van der Waals surface area contributed by atoms with Crippen LogP contribution in [0.25, 0.3) is 0 Å². The lowest BCUT2D eigenvalue weighted by Crippen LogP contribution is -2.39. The smallest absolute Gasteiger partial charge is 0.0635 e. The second-order valence-corrected chi connectivity index (χ2v) is 4.82. The summed E-state index contributed by atoms with van der Waals surface area (Å²) in [4.78, 5) is 2.18. The summed E-state index contributed by atoms with van der Waals surface area (Å²) in [5, 5.41) is 8.69. The summed E-state index contributed by atoms with van der Waals surface area (Å²) in [5.74, 6) is 0. The van der Waals surface area contributed by atoms with E-state index in [1.165, 1.54) is 11.1 Å². The molecule has 0 heterocycles. The van der Waals surface area contributed by atoms with E-state index in [1.54, 1.807) is 0 Å². The van der Waals surface area contributed by atoms with E-state index in [-0.39, 0.29) is 12.1 Å². The van der Waals surface area contributed by atoms with E-state index in [2.05, 4.69) is 49.1 Å². The first kappa shape index (κ1) is 14.7. The molecule has 0 bridgehead atoms. The topological polar surface area (TPSA) is 53.0 Å². The van der Waals surface area contributed by atoms with Gasteiger partial charge < -0.3 is 5.73 Å². The quantitative estimate of drug-likeness (QED) is 0.838. The maximum Gasteiger partial charge on any atom is 0.0635 e. The molecule has 3 heteroatoms. The van der Waals surface area contributed by atoms with Crippen molar-refractivity contribution in [2.45, 2.75) is 38.8 Å². The average molecular weight is 245 g/mol. The number of aryl methyl sites for hydroxylation is 1. The van der Waals surface area contributed by atoms with Crippen molar-refractivity contribution in [2.75, 3.05) is 13.6 Å². The SMILES string of the molecule is CCC(N)C(c1ccc(C)cc1)N(C)CCC#N. The number of nitriles is 1. The van der Waals surface area contributed by atoms with Gasteiger partial charge in [-0.05, 0) is 26.0 Å². The minimum atomic E-state index is 0.0939. The molecular weight excluding hydrogens is 222 g/mol. The van der Waals surface area contributed by atoms with Crippen LogP contribution in [0.5, 0.6) is 0 Å². The predicted octanol–water partition coefficient (Wildman–Crippen LogP) is 2.62. The van der Waals surface area contributed by atoms with Crippen LogP contribution >= 0.6 is 0 Å². The summed E-state index contributed by atoms with van der Waals surface area (Å²) in [5.41, 5.74) is 8.72. The molecule has 98 valence electrons. The second kappa shape index (κ2) is 7.15. The Morgan fingerprint density at radius 1 is 1.33 bits per heavy atom. The normalized spacial score (nSPS) is 14.2. The first-order valence-electron chi connectivity index (χ1n) is 6.49. The summed E-state index contributed by atoms with van der Waals surface area (Å²) in [6.45, 7) is 4.94. The van der Waals surface area contributed by atoms with Gasteiger partial charge in [-0.2, -0.15) is 5.26 Å².